The standard InChI is InChI=1S/C15H28O2Si/c1-2-16-18(15-11-4-3-5-12-15)17-13-7-10-14-8-6-9-14/h7,10,14-15,18H,2-6,8-9,11-13H2,1H3. The van der Waals surface area contributed by atoms with Crippen molar-refractivity contribution in [1.82, 2.24) is 0 Å². The summed E-state index contributed by atoms with van der Waals surface area (Å²) in [4.78, 5) is 0. The SMILES string of the molecule is CCO[SiH](OCC=CC1CCC1)C1CCCCC1. The maximum atomic E-state index is 6.07. The summed E-state index contributed by atoms with van der Waals surface area (Å²) < 4.78 is 12.0. The summed E-state index contributed by atoms with van der Waals surface area (Å²) in [5.41, 5.74) is 0.760. The van der Waals surface area contributed by atoms with Gasteiger partial charge in [0, 0.05) is 6.61 Å². The third-order valence-corrected chi connectivity index (χ3v) is 6.90. The van der Waals surface area contributed by atoms with E-state index < -0.39 is 9.28 Å². The van der Waals surface area contributed by atoms with E-state index in [0.29, 0.717) is 0 Å². The summed E-state index contributed by atoms with van der Waals surface area (Å²) in [6, 6.07) is 0. The van der Waals surface area contributed by atoms with Gasteiger partial charge in [0.05, 0.1) is 6.61 Å². The first-order valence-corrected chi connectivity index (χ1v) is 9.41. The van der Waals surface area contributed by atoms with E-state index >= 15 is 0 Å². The lowest BCUT2D eigenvalue weighted by Crippen LogP contribution is -2.30. The number of hydrogen-bond acceptors (Lipinski definition) is 2. The van der Waals surface area contributed by atoms with Crippen molar-refractivity contribution in [3.8, 4) is 0 Å². The minimum Gasteiger partial charge on any atom is -0.397 e. The molecule has 2 saturated carbocycles. The third kappa shape index (κ3) is 4.52. The highest BCUT2D eigenvalue weighted by molar-refractivity contribution is 6.46. The topological polar surface area (TPSA) is 18.5 Å². The van der Waals surface area contributed by atoms with Crippen LogP contribution in [-0.2, 0) is 8.85 Å². The quantitative estimate of drug-likeness (QED) is 0.514. The van der Waals surface area contributed by atoms with Crippen LogP contribution >= 0.6 is 0 Å². The normalized spacial score (nSPS) is 24.3. The molecule has 104 valence electrons. The summed E-state index contributed by atoms with van der Waals surface area (Å²) in [7, 11) is -1.42. The van der Waals surface area contributed by atoms with Crippen LogP contribution in [0.4, 0.5) is 0 Å². The zero-order valence-corrected chi connectivity index (χ0v) is 12.9. The molecule has 2 fully saturated rings. The van der Waals surface area contributed by atoms with E-state index in [1.54, 1.807) is 0 Å². The molecule has 0 radical (unpaired) electrons. The van der Waals surface area contributed by atoms with Crippen molar-refractivity contribution in [3.05, 3.63) is 12.2 Å². The van der Waals surface area contributed by atoms with Gasteiger partial charge in [-0.25, -0.2) is 0 Å². The summed E-state index contributed by atoms with van der Waals surface area (Å²) in [6.07, 6.45) is 15.6. The van der Waals surface area contributed by atoms with Gasteiger partial charge in [-0.05, 0) is 44.1 Å². The first kappa shape index (κ1) is 14.3. The number of rotatable bonds is 7. The Morgan fingerprint density at radius 3 is 2.39 bits per heavy atom. The molecular formula is C15H28O2Si. The van der Waals surface area contributed by atoms with Crippen molar-refractivity contribution in [2.75, 3.05) is 13.2 Å². The van der Waals surface area contributed by atoms with E-state index in [0.717, 1.165) is 24.7 Å². The molecule has 3 heteroatoms. The zero-order valence-electron chi connectivity index (χ0n) is 11.8. The van der Waals surface area contributed by atoms with Crippen LogP contribution in [0.2, 0.25) is 5.54 Å². The Balaban J connectivity index is 1.68. The number of allylic oxidation sites excluding steroid dienone is 1. The van der Waals surface area contributed by atoms with E-state index in [1.807, 2.05) is 0 Å². The molecule has 0 aromatic carbocycles. The van der Waals surface area contributed by atoms with Crippen LogP contribution < -0.4 is 0 Å². The van der Waals surface area contributed by atoms with Crippen LogP contribution in [0.3, 0.4) is 0 Å². The first-order valence-electron chi connectivity index (χ1n) is 7.80. The Bertz CT molecular complexity index is 245. The van der Waals surface area contributed by atoms with Crippen LogP contribution in [0.5, 0.6) is 0 Å². The second-order valence-corrected chi connectivity index (χ2v) is 8.02. The average Bonchev–Trinajstić information content (AvgIpc) is 2.36. The summed E-state index contributed by atoms with van der Waals surface area (Å²) in [5.74, 6) is 0.843. The van der Waals surface area contributed by atoms with E-state index in [1.165, 1.54) is 51.4 Å². The predicted molar refractivity (Wildman–Crippen MR) is 78.0 cm³/mol. The molecule has 0 amide bonds. The molecular weight excluding hydrogens is 240 g/mol. The molecule has 2 aliphatic carbocycles. The molecule has 2 rings (SSSR count). The van der Waals surface area contributed by atoms with E-state index in [4.69, 9.17) is 8.85 Å². The van der Waals surface area contributed by atoms with Crippen molar-refractivity contribution in [3.63, 3.8) is 0 Å². The van der Waals surface area contributed by atoms with Crippen LogP contribution in [0.1, 0.15) is 58.3 Å². The van der Waals surface area contributed by atoms with Gasteiger partial charge in [0.1, 0.15) is 0 Å². The van der Waals surface area contributed by atoms with E-state index in [-0.39, 0.29) is 0 Å². The molecule has 0 bridgehead atoms. The van der Waals surface area contributed by atoms with Crippen molar-refractivity contribution in [2.24, 2.45) is 5.92 Å². The Kier molecular flexibility index (Phi) is 6.45. The lowest BCUT2D eigenvalue weighted by atomic mass is 9.85. The largest absolute Gasteiger partial charge is 0.397 e. The highest BCUT2D eigenvalue weighted by Crippen LogP contribution is 2.32. The van der Waals surface area contributed by atoms with Crippen LogP contribution in [0.25, 0.3) is 0 Å². The molecule has 18 heavy (non-hydrogen) atoms. The van der Waals surface area contributed by atoms with Gasteiger partial charge in [0.2, 0.25) is 0 Å². The fourth-order valence-electron chi connectivity index (χ4n) is 2.92. The molecule has 0 aromatic rings. The Hall–Kier alpha value is -0.123. The highest BCUT2D eigenvalue weighted by atomic mass is 28.3. The molecule has 1 atom stereocenters. The molecule has 2 nitrogen and oxygen atoms in total. The minimum atomic E-state index is -1.42. The van der Waals surface area contributed by atoms with Crippen molar-refractivity contribution in [2.45, 2.75) is 63.8 Å². The second kappa shape index (κ2) is 8.13. The molecule has 1 unspecified atom stereocenters. The van der Waals surface area contributed by atoms with Crippen molar-refractivity contribution in [1.29, 1.82) is 0 Å². The molecule has 0 spiro atoms. The second-order valence-electron chi connectivity index (χ2n) is 5.67. The summed E-state index contributed by atoms with van der Waals surface area (Å²) in [6.45, 7) is 3.69. The van der Waals surface area contributed by atoms with Gasteiger partial charge < -0.3 is 8.85 Å². The lowest BCUT2D eigenvalue weighted by molar-refractivity contribution is 0.203. The van der Waals surface area contributed by atoms with Crippen LogP contribution in [0.15, 0.2) is 12.2 Å². The van der Waals surface area contributed by atoms with Crippen LogP contribution in [-0.4, -0.2) is 22.5 Å². The fraction of sp³-hybridized carbons (Fsp3) is 0.867. The smallest absolute Gasteiger partial charge is 0.324 e. The first-order chi connectivity index (χ1) is 8.90. The monoisotopic (exact) mass is 268 g/mol. The molecule has 0 heterocycles. The number of hydrogen-bond donors (Lipinski definition) is 0. The highest BCUT2D eigenvalue weighted by Gasteiger charge is 2.27. The Morgan fingerprint density at radius 1 is 1.00 bits per heavy atom. The maximum Gasteiger partial charge on any atom is 0.324 e. The van der Waals surface area contributed by atoms with Crippen molar-refractivity contribution < 1.29 is 8.85 Å². The molecule has 0 aliphatic heterocycles. The molecule has 0 aromatic heterocycles. The van der Waals surface area contributed by atoms with Crippen molar-refractivity contribution >= 4 is 9.28 Å². The van der Waals surface area contributed by atoms with E-state index in [2.05, 4.69) is 19.1 Å². The third-order valence-electron chi connectivity index (χ3n) is 4.28. The van der Waals surface area contributed by atoms with Crippen LogP contribution in [0, 0.1) is 5.92 Å². The Labute approximate surface area is 114 Å². The Morgan fingerprint density at radius 2 is 1.78 bits per heavy atom. The predicted octanol–water partition coefficient (Wildman–Crippen LogP) is 3.95. The molecule has 0 saturated heterocycles. The zero-order chi connectivity index (χ0) is 12.6. The minimum absolute atomic E-state index is 0.760. The lowest BCUT2D eigenvalue weighted by Gasteiger charge is -2.28. The van der Waals surface area contributed by atoms with Gasteiger partial charge >= 0.3 is 9.28 Å². The fourth-order valence-corrected chi connectivity index (χ4v) is 5.21. The van der Waals surface area contributed by atoms with Gasteiger partial charge in [-0.15, -0.1) is 0 Å². The molecule has 2 aliphatic rings. The summed E-state index contributed by atoms with van der Waals surface area (Å²) >= 11 is 0. The molecule has 0 N–H and O–H groups in total. The van der Waals surface area contributed by atoms with Gasteiger partial charge in [-0.2, -0.15) is 0 Å². The van der Waals surface area contributed by atoms with E-state index in [9.17, 15) is 0 Å². The maximum absolute atomic E-state index is 6.07. The average molecular weight is 268 g/mol. The van der Waals surface area contributed by atoms with Gasteiger partial charge in [-0.1, -0.05) is 37.8 Å². The van der Waals surface area contributed by atoms with Gasteiger partial charge in [0.15, 0.2) is 0 Å². The summed E-state index contributed by atoms with van der Waals surface area (Å²) in [5, 5.41) is 0. The van der Waals surface area contributed by atoms with Gasteiger partial charge in [0.25, 0.3) is 0 Å². The van der Waals surface area contributed by atoms with Gasteiger partial charge in [-0.3, -0.25) is 0 Å².